The molecule has 4 N–H and O–H groups in total. The summed E-state index contributed by atoms with van der Waals surface area (Å²) in [6.45, 7) is 4.46. The van der Waals surface area contributed by atoms with E-state index >= 15 is 0 Å². The molecule has 21 heavy (non-hydrogen) atoms. The van der Waals surface area contributed by atoms with Crippen LogP contribution in [0.3, 0.4) is 0 Å². The first-order valence-corrected chi connectivity index (χ1v) is 8.52. The number of nitrogens with one attached hydrogen (secondary N) is 2. The van der Waals surface area contributed by atoms with Gasteiger partial charge in [0, 0.05) is 5.69 Å². The number of anilines is 1. The first kappa shape index (κ1) is 15.9. The van der Waals surface area contributed by atoms with Crippen LogP contribution in [0.15, 0.2) is 17.0 Å². The van der Waals surface area contributed by atoms with Gasteiger partial charge in [-0.1, -0.05) is 6.42 Å². The number of primary sulfonamides is 1. The minimum absolute atomic E-state index is 0.0116. The third-order valence-corrected chi connectivity index (χ3v) is 4.75. The molecule has 1 saturated heterocycles. The quantitative estimate of drug-likeness (QED) is 0.776. The fourth-order valence-corrected chi connectivity index (χ4v) is 3.04. The number of nitrogens with two attached hydrogens (primary N) is 1. The van der Waals surface area contributed by atoms with E-state index in [2.05, 4.69) is 10.6 Å². The second-order valence-corrected chi connectivity index (χ2v) is 7.01. The molecular formula is C14H21N3O3S. The molecule has 0 radical (unpaired) electrons. The average molecular weight is 311 g/mol. The van der Waals surface area contributed by atoms with Crippen molar-refractivity contribution in [2.75, 3.05) is 11.9 Å². The van der Waals surface area contributed by atoms with Gasteiger partial charge >= 0.3 is 0 Å². The number of piperidine rings is 1. The number of rotatable bonds is 3. The Bertz CT molecular complexity index is 650. The Balaban J connectivity index is 2.26. The molecule has 0 saturated carbocycles. The minimum Gasteiger partial charge on any atom is -0.324 e. The summed E-state index contributed by atoms with van der Waals surface area (Å²) in [7, 11) is -3.79. The number of amides is 1. The molecule has 0 aromatic heterocycles. The van der Waals surface area contributed by atoms with Gasteiger partial charge in [0.15, 0.2) is 0 Å². The van der Waals surface area contributed by atoms with Gasteiger partial charge in [-0.15, -0.1) is 0 Å². The zero-order chi connectivity index (χ0) is 15.6. The van der Waals surface area contributed by atoms with E-state index in [1.165, 1.54) is 12.1 Å². The molecule has 0 unspecified atom stereocenters. The molecule has 0 bridgehead atoms. The van der Waals surface area contributed by atoms with Gasteiger partial charge in [0.2, 0.25) is 15.9 Å². The van der Waals surface area contributed by atoms with Crippen LogP contribution in [0.4, 0.5) is 5.69 Å². The van der Waals surface area contributed by atoms with Crippen molar-refractivity contribution in [3.05, 3.63) is 23.3 Å². The number of carbonyl (C=O) groups is 1. The summed E-state index contributed by atoms with van der Waals surface area (Å²) < 4.78 is 23.0. The van der Waals surface area contributed by atoms with Crippen LogP contribution in [0.1, 0.15) is 30.4 Å². The molecule has 1 fully saturated rings. The topological polar surface area (TPSA) is 101 Å². The first-order chi connectivity index (χ1) is 9.79. The Hall–Kier alpha value is -1.44. The molecule has 1 aliphatic rings. The summed E-state index contributed by atoms with van der Waals surface area (Å²) >= 11 is 0. The van der Waals surface area contributed by atoms with E-state index in [1.54, 1.807) is 6.92 Å². The minimum atomic E-state index is -3.79. The van der Waals surface area contributed by atoms with Gasteiger partial charge in [-0.05, 0) is 56.5 Å². The predicted octanol–water partition coefficient (Wildman–Crippen LogP) is 1.03. The lowest BCUT2D eigenvalue weighted by molar-refractivity contribution is -0.118. The maximum atomic E-state index is 12.2. The highest BCUT2D eigenvalue weighted by Crippen LogP contribution is 2.24. The van der Waals surface area contributed by atoms with Crippen LogP contribution in [0.5, 0.6) is 0 Å². The SMILES string of the molecule is Cc1cc(S(N)(=O)=O)cc(NC(=O)[C@H]2CCCCN2)c1C. The van der Waals surface area contributed by atoms with Crippen molar-refractivity contribution in [1.82, 2.24) is 5.32 Å². The number of benzene rings is 1. The Morgan fingerprint density at radius 2 is 2.05 bits per heavy atom. The van der Waals surface area contributed by atoms with Crippen LogP contribution in [0.2, 0.25) is 0 Å². The van der Waals surface area contributed by atoms with Crippen LogP contribution in [-0.4, -0.2) is 26.9 Å². The summed E-state index contributed by atoms with van der Waals surface area (Å²) in [4.78, 5) is 12.2. The second-order valence-electron chi connectivity index (χ2n) is 5.45. The molecule has 2 rings (SSSR count). The lowest BCUT2D eigenvalue weighted by atomic mass is 10.0. The fourth-order valence-electron chi connectivity index (χ4n) is 2.42. The van der Waals surface area contributed by atoms with E-state index in [0.29, 0.717) is 5.69 Å². The molecule has 1 atom stereocenters. The molecule has 1 aliphatic heterocycles. The van der Waals surface area contributed by atoms with Gasteiger partial charge in [0.25, 0.3) is 0 Å². The Labute approximate surface area is 125 Å². The smallest absolute Gasteiger partial charge is 0.241 e. The highest BCUT2D eigenvalue weighted by molar-refractivity contribution is 7.89. The van der Waals surface area contributed by atoms with Crippen LogP contribution in [0, 0.1) is 13.8 Å². The maximum Gasteiger partial charge on any atom is 0.241 e. The van der Waals surface area contributed by atoms with Gasteiger partial charge in [-0.2, -0.15) is 0 Å². The normalized spacial score (nSPS) is 19.3. The third-order valence-electron chi connectivity index (χ3n) is 3.85. The third kappa shape index (κ3) is 3.81. The molecular weight excluding hydrogens is 290 g/mol. The molecule has 1 aromatic rings. The van der Waals surface area contributed by atoms with E-state index in [0.717, 1.165) is 36.9 Å². The molecule has 0 spiro atoms. The Kier molecular flexibility index (Phi) is 4.65. The first-order valence-electron chi connectivity index (χ1n) is 6.97. The Morgan fingerprint density at radius 1 is 1.33 bits per heavy atom. The standard InChI is InChI=1S/C14H21N3O3S/c1-9-7-11(21(15,19)20)8-13(10(9)2)17-14(18)12-5-3-4-6-16-12/h7-8,12,16H,3-6H2,1-2H3,(H,17,18)(H2,15,19,20)/t12-/m1/s1. The van der Waals surface area contributed by atoms with E-state index < -0.39 is 10.0 Å². The molecule has 7 heteroatoms. The highest BCUT2D eigenvalue weighted by atomic mass is 32.2. The van der Waals surface area contributed by atoms with Crippen molar-refractivity contribution >= 4 is 21.6 Å². The highest BCUT2D eigenvalue weighted by Gasteiger charge is 2.22. The summed E-state index contributed by atoms with van der Waals surface area (Å²) in [5.41, 5.74) is 2.11. The number of aryl methyl sites for hydroxylation is 1. The van der Waals surface area contributed by atoms with E-state index in [1.807, 2.05) is 6.92 Å². The monoisotopic (exact) mass is 311 g/mol. The maximum absolute atomic E-state index is 12.2. The van der Waals surface area contributed by atoms with Crippen LogP contribution < -0.4 is 15.8 Å². The van der Waals surface area contributed by atoms with Gasteiger partial charge in [0.1, 0.15) is 0 Å². The number of sulfonamides is 1. The molecule has 116 valence electrons. The van der Waals surface area contributed by atoms with Crippen molar-refractivity contribution in [3.63, 3.8) is 0 Å². The molecule has 1 aromatic carbocycles. The zero-order valence-corrected chi connectivity index (χ0v) is 13.1. The summed E-state index contributed by atoms with van der Waals surface area (Å²) in [5.74, 6) is -0.135. The number of hydrogen-bond acceptors (Lipinski definition) is 4. The van der Waals surface area contributed by atoms with E-state index in [9.17, 15) is 13.2 Å². The van der Waals surface area contributed by atoms with E-state index in [4.69, 9.17) is 5.14 Å². The largest absolute Gasteiger partial charge is 0.324 e. The lowest BCUT2D eigenvalue weighted by Gasteiger charge is -2.23. The summed E-state index contributed by atoms with van der Waals surface area (Å²) in [6.07, 6.45) is 2.88. The van der Waals surface area contributed by atoms with Crippen molar-refractivity contribution in [3.8, 4) is 0 Å². The van der Waals surface area contributed by atoms with Gasteiger partial charge in [0.05, 0.1) is 10.9 Å². The molecule has 1 amide bonds. The van der Waals surface area contributed by atoms with Crippen LogP contribution >= 0.6 is 0 Å². The summed E-state index contributed by atoms with van der Waals surface area (Å²) in [6, 6.07) is 2.70. The van der Waals surface area contributed by atoms with Crippen molar-refractivity contribution in [2.24, 2.45) is 5.14 Å². The van der Waals surface area contributed by atoms with Crippen LogP contribution in [-0.2, 0) is 14.8 Å². The van der Waals surface area contributed by atoms with Gasteiger partial charge in [-0.25, -0.2) is 13.6 Å². The molecule has 0 aliphatic carbocycles. The average Bonchev–Trinajstić information content (AvgIpc) is 2.43. The van der Waals surface area contributed by atoms with Crippen molar-refractivity contribution < 1.29 is 13.2 Å². The predicted molar refractivity (Wildman–Crippen MR) is 81.6 cm³/mol. The van der Waals surface area contributed by atoms with Gasteiger partial charge in [-0.3, -0.25) is 4.79 Å². The van der Waals surface area contributed by atoms with E-state index in [-0.39, 0.29) is 16.8 Å². The van der Waals surface area contributed by atoms with Crippen molar-refractivity contribution in [1.29, 1.82) is 0 Å². The molecule has 1 heterocycles. The fraction of sp³-hybridized carbons (Fsp3) is 0.500. The van der Waals surface area contributed by atoms with Crippen LogP contribution in [0.25, 0.3) is 0 Å². The summed E-state index contributed by atoms with van der Waals surface area (Å²) in [5, 5.41) is 11.1. The number of hydrogen-bond donors (Lipinski definition) is 3. The zero-order valence-electron chi connectivity index (χ0n) is 12.3. The molecule has 6 nitrogen and oxygen atoms in total. The van der Waals surface area contributed by atoms with Crippen molar-refractivity contribution in [2.45, 2.75) is 44.0 Å². The number of carbonyl (C=O) groups excluding carboxylic acids is 1. The van der Waals surface area contributed by atoms with Gasteiger partial charge < -0.3 is 10.6 Å². The second kappa shape index (κ2) is 6.13. The lowest BCUT2D eigenvalue weighted by Crippen LogP contribution is -2.43. The Morgan fingerprint density at radius 3 is 2.62 bits per heavy atom.